The molecule has 0 N–H and O–H groups in total. The molecule has 0 spiro atoms. The molecular formula is C14H25N3O5S. The Labute approximate surface area is 137 Å². The van der Waals surface area contributed by atoms with E-state index in [0.29, 0.717) is 26.2 Å². The Morgan fingerprint density at radius 3 is 2.35 bits per heavy atom. The fourth-order valence-electron chi connectivity index (χ4n) is 3.10. The second kappa shape index (κ2) is 7.59. The zero-order valence-electron chi connectivity index (χ0n) is 13.7. The minimum Gasteiger partial charge on any atom is -0.465 e. The van der Waals surface area contributed by atoms with Gasteiger partial charge in [0.25, 0.3) is 0 Å². The lowest BCUT2D eigenvalue weighted by Gasteiger charge is -2.39. The van der Waals surface area contributed by atoms with Crippen molar-refractivity contribution in [2.24, 2.45) is 0 Å². The molecule has 0 aromatic rings. The van der Waals surface area contributed by atoms with Crippen molar-refractivity contribution < 1.29 is 22.7 Å². The van der Waals surface area contributed by atoms with Gasteiger partial charge in [-0.3, -0.25) is 14.5 Å². The molecule has 0 aromatic heterocycles. The van der Waals surface area contributed by atoms with Crippen molar-refractivity contribution in [3.8, 4) is 0 Å². The van der Waals surface area contributed by atoms with Crippen LogP contribution in [0.1, 0.15) is 19.8 Å². The fourth-order valence-corrected chi connectivity index (χ4v) is 4.13. The third-order valence-electron chi connectivity index (χ3n) is 4.20. The maximum atomic E-state index is 12.7. The predicted molar refractivity (Wildman–Crippen MR) is 84.2 cm³/mol. The summed E-state index contributed by atoms with van der Waals surface area (Å²) in [6.07, 6.45) is 3.02. The third kappa shape index (κ3) is 4.65. The fraction of sp³-hybridized carbons (Fsp3) is 0.857. The summed E-state index contributed by atoms with van der Waals surface area (Å²) in [4.78, 5) is 27.8. The van der Waals surface area contributed by atoms with E-state index in [1.54, 1.807) is 16.7 Å². The van der Waals surface area contributed by atoms with Crippen molar-refractivity contribution in [2.75, 3.05) is 52.1 Å². The number of ether oxygens (including phenoxy) is 1. The topological polar surface area (TPSA) is 87.2 Å². The van der Waals surface area contributed by atoms with Crippen LogP contribution in [0.5, 0.6) is 0 Å². The van der Waals surface area contributed by atoms with Crippen molar-refractivity contribution >= 4 is 21.9 Å². The van der Waals surface area contributed by atoms with E-state index in [0.717, 1.165) is 19.1 Å². The number of hydrogen-bond acceptors (Lipinski definition) is 6. The monoisotopic (exact) mass is 347 g/mol. The minimum absolute atomic E-state index is 0.0786. The van der Waals surface area contributed by atoms with Crippen molar-refractivity contribution in [3.05, 3.63) is 0 Å². The maximum absolute atomic E-state index is 12.7. The molecule has 2 saturated heterocycles. The summed E-state index contributed by atoms with van der Waals surface area (Å²) in [5, 5.41) is 0. The molecule has 0 radical (unpaired) electrons. The van der Waals surface area contributed by atoms with Crippen LogP contribution in [0.2, 0.25) is 0 Å². The Morgan fingerprint density at radius 2 is 1.78 bits per heavy atom. The van der Waals surface area contributed by atoms with Crippen molar-refractivity contribution in [3.63, 3.8) is 0 Å². The molecule has 0 aromatic carbocycles. The van der Waals surface area contributed by atoms with E-state index in [4.69, 9.17) is 4.74 Å². The molecule has 132 valence electrons. The first kappa shape index (κ1) is 18.2. The molecule has 2 rings (SSSR count). The number of esters is 1. The Kier molecular flexibility index (Phi) is 5.99. The molecule has 2 heterocycles. The highest BCUT2D eigenvalue weighted by Gasteiger charge is 2.40. The first-order valence-electron chi connectivity index (χ1n) is 7.96. The molecule has 0 saturated carbocycles. The molecule has 1 atom stereocenters. The number of carbonyl (C=O) groups excluding carboxylic acids is 2. The molecule has 0 aliphatic carbocycles. The van der Waals surface area contributed by atoms with E-state index < -0.39 is 16.1 Å². The minimum atomic E-state index is -3.47. The van der Waals surface area contributed by atoms with Gasteiger partial charge in [0.1, 0.15) is 6.04 Å². The first-order chi connectivity index (χ1) is 10.8. The Bertz CT molecular complexity index is 545. The molecule has 2 aliphatic heterocycles. The van der Waals surface area contributed by atoms with Gasteiger partial charge in [-0.15, -0.1) is 0 Å². The highest BCUT2D eigenvalue weighted by molar-refractivity contribution is 7.88. The number of likely N-dealkylation sites (tertiary alicyclic amines) is 1. The van der Waals surface area contributed by atoms with Gasteiger partial charge in [-0.1, -0.05) is 0 Å². The van der Waals surface area contributed by atoms with Crippen LogP contribution in [0.15, 0.2) is 0 Å². The van der Waals surface area contributed by atoms with Crippen LogP contribution in [0.3, 0.4) is 0 Å². The highest BCUT2D eigenvalue weighted by atomic mass is 32.2. The average molecular weight is 347 g/mol. The second-order valence-electron chi connectivity index (χ2n) is 5.96. The highest BCUT2D eigenvalue weighted by Crippen LogP contribution is 2.18. The first-order valence-corrected chi connectivity index (χ1v) is 9.81. The summed E-state index contributed by atoms with van der Waals surface area (Å²) in [5.41, 5.74) is 0. The van der Waals surface area contributed by atoms with Gasteiger partial charge < -0.3 is 9.64 Å². The van der Waals surface area contributed by atoms with Gasteiger partial charge in [0.15, 0.2) is 0 Å². The Hall–Kier alpha value is -1.19. The summed E-state index contributed by atoms with van der Waals surface area (Å²) in [7, 11) is -3.47. The van der Waals surface area contributed by atoms with Gasteiger partial charge >= 0.3 is 5.97 Å². The summed E-state index contributed by atoms with van der Waals surface area (Å²) in [6, 6.07) is -0.758. The number of carbonyl (C=O) groups is 2. The Balaban J connectivity index is 2.10. The van der Waals surface area contributed by atoms with Crippen LogP contribution >= 0.6 is 0 Å². The smallest absolute Gasteiger partial charge is 0.320 e. The molecule has 9 heteroatoms. The second-order valence-corrected chi connectivity index (χ2v) is 7.90. The van der Waals surface area contributed by atoms with Crippen LogP contribution in [0.4, 0.5) is 0 Å². The number of nitrogens with zero attached hydrogens (tertiary/aromatic N) is 3. The normalized spacial score (nSPS) is 23.9. The van der Waals surface area contributed by atoms with Crippen molar-refractivity contribution in [1.29, 1.82) is 0 Å². The van der Waals surface area contributed by atoms with Gasteiger partial charge in [-0.2, -0.15) is 4.31 Å². The van der Waals surface area contributed by atoms with Crippen LogP contribution in [-0.4, -0.2) is 92.6 Å². The van der Waals surface area contributed by atoms with Gasteiger partial charge in [0, 0.05) is 32.7 Å². The molecule has 1 amide bonds. The molecule has 8 nitrogen and oxygen atoms in total. The predicted octanol–water partition coefficient (Wildman–Crippen LogP) is -0.882. The van der Waals surface area contributed by atoms with Gasteiger partial charge in [0.2, 0.25) is 15.9 Å². The Morgan fingerprint density at radius 1 is 1.13 bits per heavy atom. The quantitative estimate of drug-likeness (QED) is 0.600. The van der Waals surface area contributed by atoms with Crippen molar-refractivity contribution in [2.45, 2.75) is 25.8 Å². The zero-order chi connectivity index (χ0) is 17.0. The summed E-state index contributed by atoms with van der Waals surface area (Å²) in [5.74, 6) is -0.519. The third-order valence-corrected chi connectivity index (χ3v) is 5.49. The van der Waals surface area contributed by atoms with Crippen LogP contribution in [0.25, 0.3) is 0 Å². The molecule has 2 aliphatic rings. The van der Waals surface area contributed by atoms with Gasteiger partial charge in [-0.25, -0.2) is 8.42 Å². The van der Waals surface area contributed by atoms with Gasteiger partial charge in [0.05, 0.1) is 19.4 Å². The SMILES string of the molecule is CCOC(=O)CN1CCN(S(C)(=O)=O)C(C(=O)N2CCCC2)C1. The van der Waals surface area contributed by atoms with Crippen LogP contribution in [0, 0.1) is 0 Å². The van der Waals surface area contributed by atoms with E-state index in [1.807, 2.05) is 0 Å². The van der Waals surface area contributed by atoms with E-state index in [2.05, 4.69) is 0 Å². The molecular weight excluding hydrogens is 322 g/mol. The van der Waals surface area contributed by atoms with E-state index in [-0.39, 0.29) is 31.5 Å². The lowest BCUT2D eigenvalue weighted by molar-refractivity contribution is -0.146. The number of amides is 1. The van der Waals surface area contributed by atoms with Crippen LogP contribution in [-0.2, 0) is 24.3 Å². The number of rotatable bonds is 5. The number of sulfonamides is 1. The molecule has 0 bridgehead atoms. The lowest BCUT2D eigenvalue weighted by atomic mass is 10.2. The number of piperazine rings is 1. The summed E-state index contributed by atoms with van der Waals surface area (Å²) < 4.78 is 30.2. The largest absolute Gasteiger partial charge is 0.465 e. The van der Waals surface area contributed by atoms with E-state index in [1.165, 1.54) is 4.31 Å². The van der Waals surface area contributed by atoms with Crippen molar-refractivity contribution in [1.82, 2.24) is 14.1 Å². The zero-order valence-corrected chi connectivity index (χ0v) is 14.5. The number of hydrogen-bond donors (Lipinski definition) is 0. The molecule has 1 unspecified atom stereocenters. The van der Waals surface area contributed by atoms with E-state index >= 15 is 0 Å². The lowest BCUT2D eigenvalue weighted by Crippen LogP contribution is -2.61. The molecule has 23 heavy (non-hydrogen) atoms. The van der Waals surface area contributed by atoms with E-state index in [9.17, 15) is 18.0 Å². The van der Waals surface area contributed by atoms with Crippen LogP contribution < -0.4 is 0 Å². The summed E-state index contributed by atoms with van der Waals surface area (Å²) in [6.45, 7) is 4.31. The molecule has 2 fully saturated rings. The maximum Gasteiger partial charge on any atom is 0.320 e. The standard InChI is InChI=1S/C14H25N3O5S/c1-3-22-13(18)11-15-8-9-17(23(2,20)21)12(10-15)14(19)16-6-4-5-7-16/h12H,3-11H2,1-2H3. The van der Waals surface area contributed by atoms with Gasteiger partial charge in [-0.05, 0) is 19.8 Å². The summed E-state index contributed by atoms with van der Waals surface area (Å²) >= 11 is 0. The average Bonchev–Trinajstić information content (AvgIpc) is 2.99.